The standard InChI is InChI=1S/C15H22BrNO/c1-12-9-15(10-12,11-17-7-8-18-2)13-3-5-14(16)6-4-13/h3-6,12,17H,7-11H2,1-2H3. The molecule has 1 aliphatic rings. The zero-order chi connectivity index (χ0) is 13.0. The highest BCUT2D eigenvalue weighted by Crippen LogP contribution is 2.47. The minimum absolute atomic E-state index is 0.341. The lowest BCUT2D eigenvalue weighted by molar-refractivity contribution is 0.144. The molecule has 2 nitrogen and oxygen atoms in total. The van der Waals surface area contributed by atoms with Crippen LogP contribution < -0.4 is 5.32 Å². The summed E-state index contributed by atoms with van der Waals surface area (Å²) in [7, 11) is 1.75. The van der Waals surface area contributed by atoms with Crippen LogP contribution in [0.25, 0.3) is 0 Å². The van der Waals surface area contributed by atoms with Gasteiger partial charge >= 0.3 is 0 Å². The highest BCUT2D eigenvalue weighted by molar-refractivity contribution is 9.10. The molecule has 1 saturated carbocycles. The average Bonchev–Trinajstić information content (AvgIpc) is 2.33. The zero-order valence-corrected chi connectivity index (χ0v) is 12.8. The van der Waals surface area contributed by atoms with Crippen LogP contribution in [0.4, 0.5) is 0 Å². The van der Waals surface area contributed by atoms with E-state index in [1.54, 1.807) is 7.11 Å². The van der Waals surface area contributed by atoms with Crippen molar-refractivity contribution in [3.8, 4) is 0 Å². The van der Waals surface area contributed by atoms with Gasteiger partial charge in [0, 0.05) is 30.1 Å². The Kier molecular flexibility index (Phi) is 4.82. The maximum absolute atomic E-state index is 5.08. The SMILES string of the molecule is COCCNCC1(c2ccc(Br)cc2)CC(C)C1. The van der Waals surface area contributed by atoms with Crippen LogP contribution in [0.1, 0.15) is 25.3 Å². The predicted molar refractivity (Wildman–Crippen MR) is 79.0 cm³/mol. The molecule has 0 aliphatic heterocycles. The van der Waals surface area contributed by atoms with Gasteiger partial charge in [-0.15, -0.1) is 0 Å². The van der Waals surface area contributed by atoms with Crippen molar-refractivity contribution in [1.82, 2.24) is 5.32 Å². The Hall–Kier alpha value is -0.380. The third-order valence-electron chi connectivity index (χ3n) is 3.88. The molecule has 0 unspecified atom stereocenters. The topological polar surface area (TPSA) is 21.3 Å². The molecule has 0 bridgehead atoms. The minimum Gasteiger partial charge on any atom is -0.383 e. The van der Waals surface area contributed by atoms with Crippen LogP contribution in [0.15, 0.2) is 28.7 Å². The first-order valence-corrected chi connectivity index (χ1v) is 7.41. The van der Waals surface area contributed by atoms with Crippen molar-refractivity contribution in [2.75, 3.05) is 26.8 Å². The van der Waals surface area contributed by atoms with E-state index < -0.39 is 0 Å². The maximum Gasteiger partial charge on any atom is 0.0587 e. The third-order valence-corrected chi connectivity index (χ3v) is 4.41. The lowest BCUT2D eigenvalue weighted by atomic mass is 9.59. The van der Waals surface area contributed by atoms with Crippen LogP contribution >= 0.6 is 15.9 Å². The summed E-state index contributed by atoms with van der Waals surface area (Å²) in [5.41, 5.74) is 1.81. The molecule has 1 fully saturated rings. The number of rotatable bonds is 6. The van der Waals surface area contributed by atoms with Crippen LogP contribution in [-0.4, -0.2) is 26.8 Å². The van der Waals surface area contributed by atoms with Gasteiger partial charge in [0.25, 0.3) is 0 Å². The minimum atomic E-state index is 0.341. The van der Waals surface area contributed by atoms with Gasteiger partial charge in [-0.25, -0.2) is 0 Å². The molecule has 0 spiro atoms. The summed E-state index contributed by atoms with van der Waals surface area (Å²) in [5, 5.41) is 3.53. The fourth-order valence-electron chi connectivity index (χ4n) is 3.06. The lowest BCUT2D eigenvalue weighted by Crippen LogP contribution is -2.48. The van der Waals surface area contributed by atoms with Gasteiger partial charge in [-0.05, 0) is 36.5 Å². The summed E-state index contributed by atoms with van der Waals surface area (Å²) < 4.78 is 6.24. The fraction of sp³-hybridized carbons (Fsp3) is 0.600. The third kappa shape index (κ3) is 3.14. The van der Waals surface area contributed by atoms with E-state index in [-0.39, 0.29) is 0 Å². The predicted octanol–water partition coefficient (Wildman–Crippen LogP) is 3.35. The number of ether oxygens (including phenoxy) is 1. The second kappa shape index (κ2) is 6.18. The molecular formula is C15H22BrNO. The van der Waals surface area contributed by atoms with Crippen molar-refractivity contribution < 1.29 is 4.74 Å². The summed E-state index contributed by atoms with van der Waals surface area (Å²) in [6.07, 6.45) is 2.57. The summed E-state index contributed by atoms with van der Waals surface area (Å²) in [4.78, 5) is 0. The van der Waals surface area contributed by atoms with Crippen molar-refractivity contribution in [1.29, 1.82) is 0 Å². The Balaban J connectivity index is 2.00. The van der Waals surface area contributed by atoms with Crippen LogP contribution in [0.5, 0.6) is 0 Å². The fourth-order valence-corrected chi connectivity index (χ4v) is 3.33. The summed E-state index contributed by atoms with van der Waals surface area (Å²) in [6.45, 7) is 5.11. The van der Waals surface area contributed by atoms with Gasteiger partial charge in [0.15, 0.2) is 0 Å². The number of halogens is 1. The maximum atomic E-state index is 5.08. The number of nitrogens with one attached hydrogen (secondary N) is 1. The second-order valence-electron chi connectivity index (χ2n) is 5.47. The van der Waals surface area contributed by atoms with Crippen molar-refractivity contribution in [2.45, 2.75) is 25.2 Å². The molecule has 0 amide bonds. The zero-order valence-electron chi connectivity index (χ0n) is 11.2. The van der Waals surface area contributed by atoms with Gasteiger partial charge < -0.3 is 10.1 Å². The van der Waals surface area contributed by atoms with Gasteiger partial charge in [0.2, 0.25) is 0 Å². The largest absolute Gasteiger partial charge is 0.383 e. The molecule has 1 aromatic carbocycles. The van der Waals surface area contributed by atoms with E-state index in [1.807, 2.05) is 0 Å². The van der Waals surface area contributed by atoms with Gasteiger partial charge in [-0.3, -0.25) is 0 Å². The Morgan fingerprint density at radius 1 is 1.33 bits per heavy atom. The monoisotopic (exact) mass is 311 g/mol. The van der Waals surface area contributed by atoms with Crippen LogP contribution in [0.3, 0.4) is 0 Å². The summed E-state index contributed by atoms with van der Waals surface area (Å²) in [6, 6.07) is 8.81. The first kappa shape index (κ1) is 14.0. The highest BCUT2D eigenvalue weighted by Gasteiger charge is 2.42. The van der Waals surface area contributed by atoms with Crippen molar-refractivity contribution >= 4 is 15.9 Å². The molecule has 0 aromatic heterocycles. The summed E-state index contributed by atoms with van der Waals surface area (Å²) >= 11 is 3.51. The smallest absolute Gasteiger partial charge is 0.0587 e. The molecule has 1 aromatic rings. The Bertz CT molecular complexity index is 371. The van der Waals surface area contributed by atoms with Gasteiger partial charge in [-0.1, -0.05) is 35.0 Å². The van der Waals surface area contributed by atoms with E-state index in [4.69, 9.17) is 4.74 Å². The Morgan fingerprint density at radius 3 is 2.56 bits per heavy atom. The van der Waals surface area contributed by atoms with Crippen molar-refractivity contribution in [2.24, 2.45) is 5.92 Å². The van der Waals surface area contributed by atoms with E-state index in [2.05, 4.69) is 52.4 Å². The molecule has 0 atom stereocenters. The number of hydrogen-bond acceptors (Lipinski definition) is 2. The van der Waals surface area contributed by atoms with Crippen molar-refractivity contribution in [3.05, 3.63) is 34.3 Å². The van der Waals surface area contributed by atoms with Gasteiger partial charge in [0.1, 0.15) is 0 Å². The molecule has 1 aliphatic carbocycles. The molecule has 3 heteroatoms. The molecule has 100 valence electrons. The molecular weight excluding hydrogens is 290 g/mol. The van der Waals surface area contributed by atoms with E-state index in [0.717, 1.165) is 30.1 Å². The van der Waals surface area contributed by atoms with E-state index in [1.165, 1.54) is 18.4 Å². The van der Waals surface area contributed by atoms with Crippen LogP contribution in [-0.2, 0) is 10.2 Å². The quantitative estimate of drug-likeness (QED) is 0.813. The highest BCUT2D eigenvalue weighted by atomic mass is 79.9. The first-order valence-electron chi connectivity index (χ1n) is 6.62. The number of hydrogen-bond donors (Lipinski definition) is 1. The molecule has 2 rings (SSSR count). The molecule has 0 radical (unpaired) electrons. The molecule has 1 N–H and O–H groups in total. The summed E-state index contributed by atoms with van der Waals surface area (Å²) in [5.74, 6) is 0.845. The first-order chi connectivity index (χ1) is 8.66. The van der Waals surface area contributed by atoms with Crippen LogP contribution in [0, 0.1) is 5.92 Å². The van der Waals surface area contributed by atoms with E-state index >= 15 is 0 Å². The van der Waals surface area contributed by atoms with E-state index in [0.29, 0.717) is 5.41 Å². The molecule has 0 saturated heterocycles. The lowest BCUT2D eigenvalue weighted by Gasteiger charge is -2.47. The van der Waals surface area contributed by atoms with Gasteiger partial charge in [-0.2, -0.15) is 0 Å². The Labute approximate surface area is 118 Å². The van der Waals surface area contributed by atoms with Crippen molar-refractivity contribution in [3.63, 3.8) is 0 Å². The number of methoxy groups -OCH3 is 1. The van der Waals surface area contributed by atoms with Crippen LogP contribution in [0.2, 0.25) is 0 Å². The van der Waals surface area contributed by atoms with Gasteiger partial charge in [0.05, 0.1) is 6.61 Å². The Morgan fingerprint density at radius 2 is 2.00 bits per heavy atom. The molecule has 18 heavy (non-hydrogen) atoms. The average molecular weight is 312 g/mol. The number of benzene rings is 1. The molecule has 0 heterocycles. The van der Waals surface area contributed by atoms with E-state index in [9.17, 15) is 0 Å². The normalized spacial score (nSPS) is 26.9. The second-order valence-corrected chi connectivity index (χ2v) is 6.39.